The van der Waals surface area contributed by atoms with Crippen LogP contribution in [0.5, 0.6) is 0 Å². The zero-order valence-corrected chi connectivity index (χ0v) is 9.80. The summed E-state index contributed by atoms with van der Waals surface area (Å²) in [6.07, 6.45) is 0. The molecule has 0 radical (unpaired) electrons. The van der Waals surface area contributed by atoms with Gasteiger partial charge in [0.25, 0.3) is 0 Å². The van der Waals surface area contributed by atoms with E-state index in [0.29, 0.717) is 16.3 Å². The van der Waals surface area contributed by atoms with Gasteiger partial charge in [-0.05, 0) is 25.1 Å². The molecular weight excluding hydrogens is 226 g/mol. The summed E-state index contributed by atoms with van der Waals surface area (Å²) >= 11 is 5.76. The Morgan fingerprint density at radius 1 is 1.56 bits per heavy atom. The molecule has 1 atom stereocenters. The summed E-state index contributed by atoms with van der Waals surface area (Å²) in [5, 5.41) is 14.9. The smallest absolute Gasteiger partial charge is 0.241 e. The number of carbonyl (C=O) groups is 1. The molecule has 84 valence electrons. The minimum atomic E-state index is -0.404. The van der Waals surface area contributed by atoms with Crippen LogP contribution < -0.4 is 10.6 Å². The van der Waals surface area contributed by atoms with Crippen LogP contribution in [0.15, 0.2) is 18.2 Å². The minimum absolute atomic E-state index is 0.140. The molecule has 4 nitrogen and oxygen atoms in total. The van der Waals surface area contributed by atoms with Gasteiger partial charge in [-0.25, -0.2) is 0 Å². The number of anilines is 1. The topological polar surface area (TPSA) is 64.9 Å². The van der Waals surface area contributed by atoms with E-state index in [1.54, 1.807) is 32.2 Å². The Labute approximate surface area is 99.2 Å². The molecule has 5 heteroatoms. The van der Waals surface area contributed by atoms with Crippen LogP contribution in [0.25, 0.3) is 0 Å². The first-order chi connectivity index (χ1) is 7.58. The third-order valence-electron chi connectivity index (χ3n) is 2.11. The monoisotopic (exact) mass is 237 g/mol. The number of amides is 1. The van der Waals surface area contributed by atoms with Gasteiger partial charge in [-0.15, -0.1) is 0 Å². The van der Waals surface area contributed by atoms with Crippen LogP contribution in [0.2, 0.25) is 5.02 Å². The number of benzene rings is 1. The molecule has 0 aliphatic heterocycles. The molecule has 0 saturated carbocycles. The first kappa shape index (κ1) is 12.3. The van der Waals surface area contributed by atoms with E-state index >= 15 is 0 Å². The number of halogens is 1. The van der Waals surface area contributed by atoms with Gasteiger partial charge >= 0.3 is 0 Å². The number of hydrogen-bond acceptors (Lipinski definition) is 3. The van der Waals surface area contributed by atoms with Gasteiger partial charge in [0.2, 0.25) is 5.91 Å². The van der Waals surface area contributed by atoms with E-state index < -0.39 is 6.04 Å². The fourth-order valence-electron chi connectivity index (χ4n) is 1.25. The van der Waals surface area contributed by atoms with Crippen molar-refractivity contribution >= 4 is 23.2 Å². The molecule has 0 aliphatic rings. The minimum Gasteiger partial charge on any atom is -0.373 e. The van der Waals surface area contributed by atoms with Crippen molar-refractivity contribution in [3.63, 3.8) is 0 Å². The van der Waals surface area contributed by atoms with Gasteiger partial charge < -0.3 is 10.6 Å². The fourth-order valence-corrected chi connectivity index (χ4v) is 1.42. The van der Waals surface area contributed by atoms with Gasteiger partial charge in [-0.3, -0.25) is 4.79 Å². The van der Waals surface area contributed by atoms with E-state index in [2.05, 4.69) is 10.6 Å². The Bertz CT molecular complexity index is 439. The summed E-state index contributed by atoms with van der Waals surface area (Å²) in [7, 11) is 1.56. The van der Waals surface area contributed by atoms with Gasteiger partial charge in [0, 0.05) is 12.1 Å². The second-order valence-corrected chi connectivity index (χ2v) is 3.72. The van der Waals surface area contributed by atoms with E-state index in [9.17, 15) is 4.79 Å². The molecule has 1 aromatic carbocycles. The van der Waals surface area contributed by atoms with Crippen molar-refractivity contribution in [2.75, 3.05) is 12.4 Å². The predicted octanol–water partition coefficient (Wildman–Crippen LogP) is 1.76. The maximum atomic E-state index is 11.3. The molecule has 1 unspecified atom stereocenters. The lowest BCUT2D eigenvalue weighted by Gasteiger charge is -2.14. The van der Waals surface area contributed by atoms with Crippen molar-refractivity contribution in [3.8, 4) is 6.07 Å². The molecule has 0 saturated heterocycles. The summed E-state index contributed by atoms with van der Waals surface area (Å²) in [6.45, 7) is 1.72. The molecule has 0 aromatic heterocycles. The number of rotatable bonds is 3. The first-order valence-electron chi connectivity index (χ1n) is 4.76. The van der Waals surface area contributed by atoms with Crippen LogP contribution in [0, 0.1) is 11.3 Å². The summed E-state index contributed by atoms with van der Waals surface area (Å²) in [6, 6.07) is 6.52. The summed E-state index contributed by atoms with van der Waals surface area (Å²) in [5.74, 6) is -0.140. The number of nitriles is 1. The van der Waals surface area contributed by atoms with Crippen molar-refractivity contribution < 1.29 is 4.79 Å². The largest absolute Gasteiger partial charge is 0.373 e. The van der Waals surface area contributed by atoms with Crippen molar-refractivity contribution in [2.45, 2.75) is 13.0 Å². The van der Waals surface area contributed by atoms with Gasteiger partial charge in [-0.1, -0.05) is 11.6 Å². The quantitative estimate of drug-likeness (QED) is 0.842. The van der Waals surface area contributed by atoms with E-state index in [-0.39, 0.29) is 5.91 Å². The molecule has 1 rings (SSSR count). The Morgan fingerprint density at radius 3 is 2.81 bits per heavy atom. The lowest BCUT2D eigenvalue weighted by Crippen LogP contribution is -2.35. The number of likely N-dealkylation sites (N-methyl/N-ethyl adjacent to an activating group) is 1. The van der Waals surface area contributed by atoms with Crippen molar-refractivity contribution in [3.05, 3.63) is 28.8 Å². The second-order valence-electron chi connectivity index (χ2n) is 3.28. The highest BCUT2D eigenvalue weighted by molar-refractivity contribution is 6.30. The van der Waals surface area contributed by atoms with Crippen molar-refractivity contribution in [2.24, 2.45) is 0 Å². The first-order valence-corrected chi connectivity index (χ1v) is 5.14. The van der Waals surface area contributed by atoms with Gasteiger partial charge in [0.15, 0.2) is 0 Å². The zero-order valence-electron chi connectivity index (χ0n) is 9.04. The van der Waals surface area contributed by atoms with E-state index in [0.717, 1.165) is 0 Å². The van der Waals surface area contributed by atoms with E-state index in [1.165, 1.54) is 0 Å². The third-order valence-corrected chi connectivity index (χ3v) is 2.35. The fraction of sp³-hybridized carbons (Fsp3) is 0.273. The highest BCUT2D eigenvalue weighted by Gasteiger charge is 2.12. The summed E-state index contributed by atoms with van der Waals surface area (Å²) in [5.41, 5.74) is 1.02. The number of nitrogens with zero attached hydrogens (tertiary/aromatic N) is 1. The predicted molar refractivity (Wildman–Crippen MR) is 63.3 cm³/mol. The molecule has 0 aliphatic carbocycles. The van der Waals surface area contributed by atoms with Crippen LogP contribution in [-0.4, -0.2) is 19.0 Å². The zero-order chi connectivity index (χ0) is 12.1. The number of hydrogen-bond donors (Lipinski definition) is 2. The van der Waals surface area contributed by atoms with E-state index in [4.69, 9.17) is 16.9 Å². The Kier molecular flexibility index (Phi) is 4.15. The Morgan fingerprint density at radius 2 is 2.25 bits per heavy atom. The Balaban J connectivity index is 2.90. The molecule has 0 fully saturated rings. The molecular formula is C11H12ClN3O. The maximum absolute atomic E-state index is 11.3. The second kappa shape index (κ2) is 5.38. The van der Waals surface area contributed by atoms with Crippen LogP contribution in [0.3, 0.4) is 0 Å². The third kappa shape index (κ3) is 2.88. The summed E-state index contributed by atoms with van der Waals surface area (Å²) in [4.78, 5) is 11.3. The molecule has 0 heterocycles. The highest BCUT2D eigenvalue weighted by atomic mass is 35.5. The van der Waals surface area contributed by atoms with Crippen LogP contribution >= 0.6 is 11.6 Å². The van der Waals surface area contributed by atoms with Crippen molar-refractivity contribution in [1.82, 2.24) is 5.32 Å². The highest BCUT2D eigenvalue weighted by Crippen LogP contribution is 2.20. The molecule has 1 aromatic rings. The average Bonchev–Trinajstić information content (AvgIpc) is 2.30. The average molecular weight is 238 g/mol. The molecule has 1 amide bonds. The molecule has 16 heavy (non-hydrogen) atoms. The number of carbonyl (C=O) groups excluding carboxylic acids is 1. The Hall–Kier alpha value is -1.73. The van der Waals surface area contributed by atoms with E-state index in [1.807, 2.05) is 6.07 Å². The molecule has 0 spiro atoms. The maximum Gasteiger partial charge on any atom is 0.241 e. The standard InChI is InChI=1S/C11H12ClN3O/c1-7(11(16)14-2)15-10-4-3-9(12)5-8(10)6-13/h3-5,7,15H,1-2H3,(H,14,16). The molecule has 0 bridgehead atoms. The van der Waals surface area contributed by atoms with Gasteiger partial charge in [0.1, 0.15) is 12.1 Å². The van der Waals surface area contributed by atoms with Crippen molar-refractivity contribution in [1.29, 1.82) is 5.26 Å². The lowest BCUT2D eigenvalue weighted by molar-refractivity contribution is -0.121. The molecule has 2 N–H and O–H groups in total. The van der Waals surface area contributed by atoms with Crippen LogP contribution in [0.1, 0.15) is 12.5 Å². The lowest BCUT2D eigenvalue weighted by atomic mass is 10.1. The summed E-state index contributed by atoms with van der Waals surface area (Å²) < 4.78 is 0. The van der Waals surface area contributed by atoms with Crippen LogP contribution in [0.4, 0.5) is 5.69 Å². The number of nitrogens with one attached hydrogen (secondary N) is 2. The van der Waals surface area contributed by atoms with Gasteiger partial charge in [0.05, 0.1) is 11.3 Å². The van der Waals surface area contributed by atoms with Gasteiger partial charge in [-0.2, -0.15) is 5.26 Å². The SMILES string of the molecule is CNC(=O)C(C)Nc1ccc(Cl)cc1C#N. The van der Waals surface area contributed by atoms with Crippen LogP contribution in [-0.2, 0) is 4.79 Å². The normalized spacial score (nSPS) is 11.4.